The Balaban J connectivity index is 1.97. The average Bonchev–Trinajstić information content (AvgIpc) is 3.09. The molecule has 3 aromatic rings. The van der Waals surface area contributed by atoms with Gasteiger partial charge in [0.25, 0.3) is 0 Å². The zero-order valence-corrected chi connectivity index (χ0v) is 13.9. The summed E-state index contributed by atoms with van der Waals surface area (Å²) in [6.07, 6.45) is 1.13. The van der Waals surface area contributed by atoms with Gasteiger partial charge in [0.05, 0.1) is 13.2 Å². The number of hydrogen-bond donors (Lipinski definition) is 1. The molecule has 4 heteroatoms. The highest BCUT2D eigenvalue weighted by atomic mass is 32.1. The Hall–Kier alpha value is -1.36. The number of fused-ring (bicyclic) bond motifs is 1. The molecule has 1 atom stereocenters. The molecule has 0 aliphatic rings. The lowest BCUT2D eigenvalue weighted by atomic mass is 10.0. The maximum Gasteiger partial charge on any atom is 0.119 e. The maximum atomic E-state index is 5.37. The van der Waals surface area contributed by atoms with Crippen LogP contribution < -0.4 is 10.1 Å². The molecule has 0 aliphatic heterocycles. The summed E-state index contributed by atoms with van der Waals surface area (Å²) in [5.74, 6) is 0.911. The van der Waals surface area contributed by atoms with E-state index in [1.165, 1.54) is 19.8 Å². The lowest BCUT2D eigenvalue weighted by Crippen LogP contribution is -2.22. The SMILES string of the molecule is CCCNC(c1cccc(OC)c1)c1cc2sccc2s1. The Morgan fingerprint density at radius 1 is 1.19 bits per heavy atom. The maximum absolute atomic E-state index is 5.37. The average molecular weight is 317 g/mol. The largest absolute Gasteiger partial charge is 0.497 e. The minimum Gasteiger partial charge on any atom is -0.497 e. The van der Waals surface area contributed by atoms with Gasteiger partial charge in [-0.2, -0.15) is 0 Å². The lowest BCUT2D eigenvalue weighted by molar-refractivity contribution is 0.413. The van der Waals surface area contributed by atoms with Crippen molar-refractivity contribution in [2.75, 3.05) is 13.7 Å². The van der Waals surface area contributed by atoms with Crippen molar-refractivity contribution in [3.63, 3.8) is 0 Å². The third kappa shape index (κ3) is 3.12. The van der Waals surface area contributed by atoms with Crippen LogP contribution in [0.25, 0.3) is 9.40 Å². The molecule has 3 rings (SSSR count). The van der Waals surface area contributed by atoms with E-state index in [4.69, 9.17) is 4.74 Å². The van der Waals surface area contributed by atoms with Crippen molar-refractivity contribution >= 4 is 32.1 Å². The number of nitrogens with one attached hydrogen (secondary N) is 1. The van der Waals surface area contributed by atoms with Crippen molar-refractivity contribution in [2.24, 2.45) is 0 Å². The van der Waals surface area contributed by atoms with Crippen molar-refractivity contribution in [1.82, 2.24) is 5.32 Å². The normalized spacial score (nSPS) is 12.7. The van der Waals surface area contributed by atoms with Gasteiger partial charge < -0.3 is 10.1 Å². The Morgan fingerprint density at radius 2 is 2.10 bits per heavy atom. The fraction of sp³-hybridized carbons (Fsp3) is 0.294. The predicted octanol–water partition coefficient (Wildman–Crippen LogP) is 5.06. The van der Waals surface area contributed by atoms with Gasteiger partial charge in [-0.3, -0.25) is 0 Å². The molecule has 0 fully saturated rings. The quantitative estimate of drug-likeness (QED) is 0.686. The first-order valence-electron chi connectivity index (χ1n) is 7.16. The standard InChI is InChI=1S/C17H19NOS2/c1-3-8-18-17(12-5-4-6-13(10-12)19-2)16-11-15-14(21-16)7-9-20-15/h4-7,9-11,17-18H,3,8H2,1-2H3. The molecule has 0 amide bonds. The molecule has 0 radical (unpaired) electrons. The molecule has 21 heavy (non-hydrogen) atoms. The Labute approximate surface area is 133 Å². The van der Waals surface area contributed by atoms with Crippen LogP contribution in [0.3, 0.4) is 0 Å². The van der Waals surface area contributed by atoms with E-state index in [0.29, 0.717) is 0 Å². The first kappa shape index (κ1) is 14.6. The predicted molar refractivity (Wildman–Crippen MR) is 92.8 cm³/mol. The first-order valence-corrected chi connectivity index (χ1v) is 8.85. The number of rotatable bonds is 6. The molecule has 0 saturated heterocycles. The molecule has 2 aromatic heterocycles. The molecule has 1 N–H and O–H groups in total. The highest BCUT2D eigenvalue weighted by Gasteiger charge is 2.17. The van der Waals surface area contributed by atoms with Crippen LogP contribution in [0.4, 0.5) is 0 Å². The monoisotopic (exact) mass is 317 g/mol. The van der Waals surface area contributed by atoms with Crippen molar-refractivity contribution in [2.45, 2.75) is 19.4 Å². The summed E-state index contributed by atoms with van der Waals surface area (Å²) in [5.41, 5.74) is 1.26. The fourth-order valence-electron chi connectivity index (χ4n) is 2.42. The van der Waals surface area contributed by atoms with Gasteiger partial charge in [-0.25, -0.2) is 0 Å². The molecule has 0 bridgehead atoms. The van der Waals surface area contributed by atoms with E-state index in [2.05, 4.69) is 48.0 Å². The summed E-state index contributed by atoms with van der Waals surface area (Å²) >= 11 is 3.69. The second-order valence-corrected chi connectivity index (χ2v) is 7.02. The van der Waals surface area contributed by atoms with Gasteiger partial charge in [-0.1, -0.05) is 19.1 Å². The summed E-state index contributed by atoms with van der Waals surface area (Å²) in [7, 11) is 1.72. The van der Waals surface area contributed by atoms with Crippen LogP contribution in [0.2, 0.25) is 0 Å². The van der Waals surface area contributed by atoms with Gasteiger partial charge in [0, 0.05) is 14.3 Å². The number of benzene rings is 1. The summed E-state index contributed by atoms with van der Waals surface area (Å²) in [6, 6.07) is 13.1. The van der Waals surface area contributed by atoms with Crippen molar-refractivity contribution < 1.29 is 4.74 Å². The van der Waals surface area contributed by atoms with E-state index in [9.17, 15) is 0 Å². The molecule has 1 aromatic carbocycles. The molecule has 2 nitrogen and oxygen atoms in total. The Bertz CT molecular complexity index is 688. The van der Waals surface area contributed by atoms with Crippen molar-refractivity contribution in [3.8, 4) is 5.75 Å². The van der Waals surface area contributed by atoms with Gasteiger partial charge >= 0.3 is 0 Å². The van der Waals surface area contributed by atoms with Gasteiger partial charge in [-0.15, -0.1) is 22.7 Å². The molecule has 1 unspecified atom stereocenters. The lowest BCUT2D eigenvalue weighted by Gasteiger charge is -2.18. The van der Waals surface area contributed by atoms with E-state index in [1.54, 1.807) is 7.11 Å². The van der Waals surface area contributed by atoms with Crippen LogP contribution in [0.1, 0.15) is 29.8 Å². The highest BCUT2D eigenvalue weighted by molar-refractivity contribution is 7.27. The van der Waals surface area contributed by atoms with Crippen LogP contribution in [0.5, 0.6) is 5.75 Å². The van der Waals surface area contributed by atoms with Gasteiger partial charge in [-0.05, 0) is 48.2 Å². The summed E-state index contributed by atoms with van der Waals surface area (Å²) in [5, 5.41) is 5.82. The summed E-state index contributed by atoms with van der Waals surface area (Å²) in [4.78, 5) is 1.37. The smallest absolute Gasteiger partial charge is 0.119 e. The van der Waals surface area contributed by atoms with Crippen LogP contribution in [0.15, 0.2) is 41.8 Å². The minimum atomic E-state index is 0.240. The zero-order chi connectivity index (χ0) is 14.7. The fourth-order valence-corrected chi connectivity index (χ4v) is 4.64. The second-order valence-electron chi connectivity index (χ2n) is 4.96. The zero-order valence-electron chi connectivity index (χ0n) is 12.3. The molecular weight excluding hydrogens is 298 g/mol. The van der Waals surface area contributed by atoms with E-state index in [-0.39, 0.29) is 6.04 Å². The third-order valence-electron chi connectivity index (χ3n) is 3.47. The number of methoxy groups -OCH3 is 1. The first-order chi connectivity index (χ1) is 10.3. The molecule has 110 valence electrons. The number of hydrogen-bond acceptors (Lipinski definition) is 4. The van der Waals surface area contributed by atoms with E-state index in [1.807, 2.05) is 28.7 Å². The Morgan fingerprint density at radius 3 is 2.86 bits per heavy atom. The topological polar surface area (TPSA) is 21.3 Å². The van der Waals surface area contributed by atoms with E-state index < -0.39 is 0 Å². The molecule has 0 saturated carbocycles. The molecular formula is C17H19NOS2. The molecule has 0 spiro atoms. The van der Waals surface area contributed by atoms with Crippen LogP contribution >= 0.6 is 22.7 Å². The highest BCUT2D eigenvalue weighted by Crippen LogP contribution is 2.36. The second kappa shape index (κ2) is 6.60. The number of ether oxygens (including phenoxy) is 1. The Kier molecular flexibility index (Phi) is 4.58. The van der Waals surface area contributed by atoms with Gasteiger partial charge in [0.15, 0.2) is 0 Å². The van der Waals surface area contributed by atoms with Gasteiger partial charge in [0.2, 0.25) is 0 Å². The van der Waals surface area contributed by atoms with Crippen molar-refractivity contribution in [3.05, 3.63) is 52.2 Å². The summed E-state index contributed by atoms with van der Waals surface area (Å²) in [6.45, 7) is 3.20. The van der Waals surface area contributed by atoms with E-state index in [0.717, 1.165) is 18.7 Å². The van der Waals surface area contributed by atoms with E-state index >= 15 is 0 Å². The van der Waals surface area contributed by atoms with Crippen LogP contribution in [-0.4, -0.2) is 13.7 Å². The molecule has 0 aliphatic carbocycles. The minimum absolute atomic E-state index is 0.240. The third-order valence-corrected chi connectivity index (χ3v) is 5.63. The van der Waals surface area contributed by atoms with Gasteiger partial charge in [0.1, 0.15) is 5.75 Å². The number of thiophene rings is 2. The van der Waals surface area contributed by atoms with Crippen LogP contribution in [0, 0.1) is 0 Å². The van der Waals surface area contributed by atoms with Crippen molar-refractivity contribution in [1.29, 1.82) is 0 Å². The summed E-state index contributed by atoms with van der Waals surface area (Å²) < 4.78 is 8.12. The van der Waals surface area contributed by atoms with Crippen LogP contribution in [-0.2, 0) is 0 Å². The molecule has 2 heterocycles.